The molecule has 2 N–H and O–H groups in total. The second-order valence-electron chi connectivity index (χ2n) is 4.27. The Balaban J connectivity index is 1.95. The third-order valence-electron chi connectivity index (χ3n) is 2.59. The van der Waals surface area contributed by atoms with Crippen LogP contribution in [-0.2, 0) is 16.6 Å². The molecule has 0 aromatic carbocycles. The molecule has 0 spiro atoms. The number of hydrogen-bond donors (Lipinski definition) is 2. The van der Waals surface area contributed by atoms with Gasteiger partial charge in [0.15, 0.2) is 0 Å². The first-order valence-corrected chi connectivity index (χ1v) is 7.42. The van der Waals surface area contributed by atoms with Gasteiger partial charge < -0.3 is 9.73 Å². The monoisotopic (exact) mass is 258 g/mol. The normalized spacial score (nSPS) is 16.3. The van der Waals surface area contributed by atoms with Crippen LogP contribution < -0.4 is 10.0 Å². The van der Waals surface area contributed by atoms with Crippen LogP contribution in [0.1, 0.15) is 31.9 Å². The van der Waals surface area contributed by atoms with Gasteiger partial charge >= 0.3 is 0 Å². The lowest BCUT2D eigenvalue weighted by atomic mass is 10.4. The Kier molecular flexibility index (Phi) is 3.86. The highest BCUT2D eigenvalue weighted by Gasteiger charge is 2.22. The van der Waals surface area contributed by atoms with Gasteiger partial charge in [-0.1, -0.05) is 6.92 Å². The van der Waals surface area contributed by atoms with E-state index in [4.69, 9.17) is 4.42 Å². The predicted molar refractivity (Wildman–Crippen MR) is 64.0 cm³/mol. The van der Waals surface area contributed by atoms with Crippen LogP contribution in [0.25, 0.3) is 0 Å². The van der Waals surface area contributed by atoms with Crippen LogP contribution in [0.4, 0.5) is 0 Å². The molecule has 5 nitrogen and oxygen atoms in total. The second-order valence-corrected chi connectivity index (χ2v) is 5.97. The Hall–Kier alpha value is -0.850. The van der Waals surface area contributed by atoms with Crippen LogP contribution in [0, 0.1) is 0 Å². The maximum atomic E-state index is 11.7. The smallest absolute Gasteiger partial charge is 0.273 e. The average molecular weight is 258 g/mol. The summed E-state index contributed by atoms with van der Waals surface area (Å²) < 4.78 is 31.2. The molecule has 6 heteroatoms. The molecule has 17 heavy (non-hydrogen) atoms. The van der Waals surface area contributed by atoms with E-state index in [-0.39, 0.29) is 5.09 Å². The zero-order valence-corrected chi connectivity index (χ0v) is 10.7. The fraction of sp³-hybridized carbons (Fsp3) is 0.636. The number of nitrogens with one attached hydrogen (secondary N) is 2. The molecule has 2 rings (SSSR count). The minimum atomic E-state index is -3.47. The maximum absolute atomic E-state index is 11.7. The van der Waals surface area contributed by atoms with E-state index in [1.165, 1.54) is 18.9 Å². The summed E-state index contributed by atoms with van der Waals surface area (Å²) in [4.78, 5) is 0. The minimum Gasteiger partial charge on any atom is -0.447 e. The first-order chi connectivity index (χ1) is 8.12. The average Bonchev–Trinajstić information content (AvgIpc) is 3.00. The van der Waals surface area contributed by atoms with Crippen LogP contribution in [0.2, 0.25) is 0 Å². The summed E-state index contributed by atoms with van der Waals surface area (Å²) in [5.74, 6) is 0.661. The van der Waals surface area contributed by atoms with E-state index >= 15 is 0 Å². The largest absolute Gasteiger partial charge is 0.447 e. The standard InChI is InChI=1S/C11H18N2O3S/c1-2-7-13-17(14,15)11-6-5-10(16-11)8-12-9-3-4-9/h5-6,9,12-13H,2-4,7-8H2,1H3. The number of rotatable bonds is 7. The lowest BCUT2D eigenvalue weighted by molar-refractivity contribution is 0.399. The first-order valence-electron chi connectivity index (χ1n) is 5.93. The Morgan fingerprint density at radius 3 is 2.82 bits per heavy atom. The molecule has 1 aromatic rings. The van der Waals surface area contributed by atoms with Gasteiger partial charge in [0.1, 0.15) is 5.76 Å². The number of furan rings is 1. The van der Waals surface area contributed by atoms with Crippen molar-refractivity contribution in [3.8, 4) is 0 Å². The van der Waals surface area contributed by atoms with Crippen molar-refractivity contribution < 1.29 is 12.8 Å². The van der Waals surface area contributed by atoms with Crippen LogP contribution in [0.3, 0.4) is 0 Å². The molecule has 0 unspecified atom stereocenters. The van der Waals surface area contributed by atoms with E-state index in [1.807, 2.05) is 6.92 Å². The zero-order valence-electron chi connectivity index (χ0n) is 9.90. The molecule has 1 aliphatic carbocycles. The van der Waals surface area contributed by atoms with E-state index < -0.39 is 10.0 Å². The lowest BCUT2D eigenvalue weighted by Crippen LogP contribution is -2.23. The summed E-state index contributed by atoms with van der Waals surface area (Å²) in [6, 6.07) is 3.79. The van der Waals surface area contributed by atoms with Gasteiger partial charge in [-0.05, 0) is 31.4 Å². The van der Waals surface area contributed by atoms with Crippen molar-refractivity contribution in [2.24, 2.45) is 0 Å². The summed E-state index contributed by atoms with van der Waals surface area (Å²) >= 11 is 0. The summed E-state index contributed by atoms with van der Waals surface area (Å²) in [5.41, 5.74) is 0. The molecule has 1 heterocycles. The van der Waals surface area contributed by atoms with Gasteiger partial charge in [-0.25, -0.2) is 13.1 Å². The highest BCUT2D eigenvalue weighted by Crippen LogP contribution is 2.20. The Morgan fingerprint density at radius 2 is 2.18 bits per heavy atom. The fourth-order valence-electron chi connectivity index (χ4n) is 1.44. The molecule has 1 saturated carbocycles. The molecule has 0 radical (unpaired) electrons. The third kappa shape index (κ3) is 3.55. The summed E-state index contributed by atoms with van der Waals surface area (Å²) in [5, 5.41) is 3.27. The van der Waals surface area contributed by atoms with Crippen molar-refractivity contribution in [1.29, 1.82) is 0 Å². The Labute approximate surface area is 102 Å². The van der Waals surface area contributed by atoms with Crippen molar-refractivity contribution in [2.45, 2.75) is 43.9 Å². The predicted octanol–water partition coefficient (Wildman–Crippen LogP) is 1.22. The van der Waals surface area contributed by atoms with Gasteiger partial charge in [0.25, 0.3) is 10.0 Å². The summed E-state index contributed by atoms with van der Waals surface area (Å²) in [7, 11) is -3.47. The zero-order chi connectivity index (χ0) is 12.3. The molecular formula is C11H18N2O3S. The quantitative estimate of drug-likeness (QED) is 0.771. The highest BCUT2D eigenvalue weighted by atomic mass is 32.2. The number of sulfonamides is 1. The molecular weight excluding hydrogens is 240 g/mol. The van der Waals surface area contributed by atoms with E-state index in [2.05, 4.69) is 10.0 Å². The van der Waals surface area contributed by atoms with Gasteiger partial charge in [0, 0.05) is 12.6 Å². The molecule has 0 bridgehead atoms. The third-order valence-corrected chi connectivity index (χ3v) is 3.92. The fourth-order valence-corrected chi connectivity index (χ4v) is 2.52. The second kappa shape index (κ2) is 5.20. The molecule has 1 aliphatic rings. The highest BCUT2D eigenvalue weighted by molar-refractivity contribution is 7.89. The van der Waals surface area contributed by atoms with Crippen molar-refractivity contribution in [3.05, 3.63) is 17.9 Å². The molecule has 0 atom stereocenters. The molecule has 0 aliphatic heterocycles. The van der Waals surface area contributed by atoms with Crippen molar-refractivity contribution in [2.75, 3.05) is 6.54 Å². The van der Waals surface area contributed by atoms with Crippen LogP contribution in [0.15, 0.2) is 21.6 Å². The first kappa shape index (κ1) is 12.6. The van der Waals surface area contributed by atoms with Gasteiger partial charge in [-0.2, -0.15) is 0 Å². The molecule has 0 saturated heterocycles. The van der Waals surface area contributed by atoms with Gasteiger partial charge in [0.2, 0.25) is 5.09 Å². The van der Waals surface area contributed by atoms with Gasteiger partial charge in [0.05, 0.1) is 6.54 Å². The molecule has 1 aromatic heterocycles. The summed E-state index contributed by atoms with van der Waals surface area (Å²) in [6.07, 6.45) is 3.16. The van der Waals surface area contributed by atoms with E-state index in [1.54, 1.807) is 6.07 Å². The SMILES string of the molecule is CCCNS(=O)(=O)c1ccc(CNC2CC2)o1. The van der Waals surface area contributed by atoms with Crippen LogP contribution in [-0.4, -0.2) is 21.0 Å². The molecule has 1 fully saturated rings. The molecule has 96 valence electrons. The number of hydrogen-bond acceptors (Lipinski definition) is 4. The van der Waals surface area contributed by atoms with Gasteiger partial charge in [-0.15, -0.1) is 0 Å². The summed E-state index contributed by atoms with van der Waals surface area (Å²) in [6.45, 7) is 2.93. The topological polar surface area (TPSA) is 71.3 Å². The van der Waals surface area contributed by atoms with Crippen LogP contribution >= 0.6 is 0 Å². The van der Waals surface area contributed by atoms with Crippen molar-refractivity contribution in [3.63, 3.8) is 0 Å². The van der Waals surface area contributed by atoms with E-state index in [0.29, 0.717) is 24.9 Å². The minimum absolute atomic E-state index is 0.00135. The van der Waals surface area contributed by atoms with E-state index in [9.17, 15) is 8.42 Å². The van der Waals surface area contributed by atoms with E-state index in [0.717, 1.165) is 6.42 Å². The Bertz CT molecular complexity index is 463. The van der Waals surface area contributed by atoms with Crippen LogP contribution in [0.5, 0.6) is 0 Å². The van der Waals surface area contributed by atoms with Gasteiger partial charge in [-0.3, -0.25) is 0 Å². The van der Waals surface area contributed by atoms with Crippen molar-refractivity contribution >= 4 is 10.0 Å². The van der Waals surface area contributed by atoms with Crippen molar-refractivity contribution in [1.82, 2.24) is 10.0 Å². The lowest BCUT2D eigenvalue weighted by Gasteiger charge is -2.02. The molecule has 0 amide bonds. The maximum Gasteiger partial charge on any atom is 0.273 e. The Morgan fingerprint density at radius 1 is 1.41 bits per heavy atom.